The first-order chi connectivity index (χ1) is 20.7. The Hall–Kier alpha value is -3.84. The number of halogens is 6. The van der Waals surface area contributed by atoms with Gasteiger partial charge < -0.3 is 18.9 Å². The lowest BCUT2D eigenvalue weighted by Gasteiger charge is -2.42. The van der Waals surface area contributed by atoms with Crippen molar-refractivity contribution in [1.82, 2.24) is 4.90 Å². The molecule has 0 fully saturated rings. The SMILES string of the molecule is CCCCCOc1cc2c(cc1OC)[C@@H](N(Cc1cc(C(F)(F)F)cc(C(F)(F)F)c1)C(=O)OC)C[C@@H](C)N2C(=O)OCC. The van der Waals surface area contributed by atoms with Crippen LogP contribution >= 0.6 is 0 Å². The number of hydrogen-bond acceptors (Lipinski definition) is 6. The van der Waals surface area contributed by atoms with Gasteiger partial charge in [0.15, 0.2) is 11.5 Å². The molecule has 14 heteroatoms. The number of rotatable bonds is 10. The molecule has 1 aliphatic heterocycles. The van der Waals surface area contributed by atoms with Crippen molar-refractivity contribution in [2.45, 2.75) is 77.4 Å². The van der Waals surface area contributed by atoms with Gasteiger partial charge >= 0.3 is 24.5 Å². The van der Waals surface area contributed by atoms with E-state index in [-0.39, 0.29) is 30.5 Å². The van der Waals surface area contributed by atoms with Crippen molar-refractivity contribution < 1.29 is 54.9 Å². The Bertz CT molecular complexity index is 1280. The molecule has 8 nitrogen and oxygen atoms in total. The van der Waals surface area contributed by atoms with Crippen LogP contribution in [0.2, 0.25) is 0 Å². The number of anilines is 1. The molecule has 0 spiro atoms. The van der Waals surface area contributed by atoms with Gasteiger partial charge in [-0.3, -0.25) is 9.80 Å². The Morgan fingerprint density at radius 3 is 2.09 bits per heavy atom. The monoisotopic (exact) mass is 634 g/mol. The smallest absolute Gasteiger partial charge is 0.416 e. The van der Waals surface area contributed by atoms with E-state index in [4.69, 9.17) is 18.9 Å². The molecule has 0 N–H and O–H groups in total. The fraction of sp³-hybridized carbons (Fsp3) is 0.533. The molecular weight excluding hydrogens is 598 g/mol. The molecular formula is C30H36F6N2O6. The van der Waals surface area contributed by atoms with Gasteiger partial charge in [0.25, 0.3) is 0 Å². The summed E-state index contributed by atoms with van der Waals surface area (Å²) in [5.74, 6) is 0.564. The summed E-state index contributed by atoms with van der Waals surface area (Å²) >= 11 is 0. The number of carbonyl (C=O) groups is 2. The standard InChI is InChI=1S/C30H36F6N2O6/c1-6-8-9-10-44-26-16-24-22(15-25(26)41-4)23(11-18(3)38(24)28(40)43-7-2)37(27(39)42-5)17-19-12-20(29(31,32)33)14-21(13-19)30(34,35)36/h12-16,18,23H,6-11,17H2,1-5H3/t18-,23+/m1/s1. The van der Waals surface area contributed by atoms with E-state index in [1.807, 2.05) is 6.92 Å². The number of alkyl halides is 6. The van der Waals surface area contributed by atoms with Crippen molar-refractivity contribution >= 4 is 17.9 Å². The van der Waals surface area contributed by atoms with E-state index in [2.05, 4.69) is 0 Å². The van der Waals surface area contributed by atoms with Gasteiger partial charge in [0.1, 0.15) is 0 Å². The Kier molecular flexibility index (Phi) is 11.3. The van der Waals surface area contributed by atoms with Crippen LogP contribution in [0.15, 0.2) is 30.3 Å². The zero-order valence-corrected chi connectivity index (χ0v) is 25.1. The van der Waals surface area contributed by atoms with Gasteiger partial charge in [-0.2, -0.15) is 26.3 Å². The van der Waals surface area contributed by atoms with Crippen molar-refractivity contribution in [3.63, 3.8) is 0 Å². The number of ether oxygens (including phenoxy) is 4. The van der Waals surface area contributed by atoms with Gasteiger partial charge in [-0.15, -0.1) is 0 Å². The van der Waals surface area contributed by atoms with Crippen LogP contribution in [0.3, 0.4) is 0 Å². The summed E-state index contributed by atoms with van der Waals surface area (Å²) in [4.78, 5) is 28.6. The summed E-state index contributed by atoms with van der Waals surface area (Å²) < 4.78 is 103. The van der Waals surface area contributed by atoms with Gasteiger partial charge in [-0.25, -0.2) is 9.59 Å². The van der Waals surface area contributed by atoms with E-state index in [1.54, 1.807) is 19.9 Å². The van der Waals surface area contributed by atoms with Crippen molar-refractivity contribution in [1.29, 1.82) is 0 Å². The highest BCUT2D eigenvalue weighted by Gasteiger charge is 2.42. The van der Waals surface area contributed by atoms with Gasteiger partial charge in [-0.05, 0) is 56.5 Å². The fourth-order valence-corrected chi connectivity index (χ4v) is 5.13. The zero-order valence-electron chi connectivity index (χ0n) is 25.1. The molecule has 0 aliphatic carbocycles. The van der Waals surface area contributed by atoms with Crippen molar-refractivity contribution in [3.8, 4) is 11.5 Å². The van der Waals surface area contributed by atoms with E-state index in [0.29, 0.717) is 30.1 Å². The molecule has 244 valence electrons. The van der Waals surface area contributed by atoms with Crippen LogP contribution < -0.4 is 14.4 Å². The molecule has 0 aromatic heterocycles. The number of benzene rings is 2. The maximum absolute atomic E-state index is 13.6. The third kappa shape index (κ3) is 8.00. The molecule has 2 amide bonds. The lowest BCUT2D eigenvalue weighted by Crippen LogP contribution is -2.47. The second-order valence-corrected chi connectivity index (χ2v) is 10.3. The lowest BCUT2D eigenvalue weighted by molar-refractivity contribution is -0.143. The van der Waals surface area contributed by atoms with E-state index in [0.717, 1.165) is 31.3 Å². The largest absolute Gasteiger partial charge is 0.493 e. The minimum atomic E-state index is -5.07. The van der Waals surface area contributed by atoms with Crippen LogP contribution in [0.4, 0.5) is 41.6 Å². The molecule has 3 rings (SSSR count). The van der Waals surface area contributed by atoms with E-state index < -0.39 is 59.9 Å². The van der Waals surface area contributed by atoms with Gasteiger partial charge in [-0.1, -0.05) is 19.8 Å². The topological polar surface area (TPSA) is 77.5 Å². The molecule has 0 bridgehead atoms. The predicted molar refractivity (Wildman–Crippen MR) is 149 cm³/mol. The summed E-state index contributed by atoms with van der Waals surface area (Å²) in [6.45, 7) is 5.12. The van der Waals surface area contributed by atoms with Crippen molar-refractivity contribution in [2.24, 2.45) is 0 Å². The highest BCUT2D eigenvalue weighted by atomic mass is 19.4. The van der Waals surface area contributed by atoms with E-state index in [9.17, 15) is 35.9 Å². The number of hydrogen-bond donors (Lipinski definition) is 0. The molecule has 0 saturated heterocycles. The Morgan fingerprint density at radius 1 is 0.932 bits per heavy atom. The molecule has 44 heavy (non-hydrogen) atoms. The number of unbranched alkanes of at least 4 members (excludes halogenated alkanes) is 2. The quantitative estimate of drug-likeness (QED) is 0.193. The minimum Gasteiger partial charge on any atom is -0.493 e. The third-order valence-electron chi connectivity index (χ3n) is 7.19. The molecule has 2 atom stereocenters. The summed E-state index contributed by atoms with van der Waals surface area (Å²) in [6.07, 6.45) is -9.14. The fourth-order valence-electron chi connectivity index (χ4n) is 5.13. The summed E-state index contributed by atoms with van der Waals surface area (Å²) in [5.41, 5.74) is -2.81. The Labute approximate surface area is 251 Å². The number of fused-ring (bicyclic) bond motifs is 1. The zero-order chi connectivity index (χ0) is 32.8. The van der Waals surface area contributed by atoms with Crippen LogP contribution in [-0.4, -0.2) is 50.6 Å². The van der Waals surface area contributed by atoms with E-state index >= 15 is 0 Å². The molecule has 2 aromatic carbocycles. The Morgan fingerprint density at radius 2 is 1.57 bits per heavy atom. The molecule has 1 aliphatic rings. The van der Waals surface area contributed by atoms with Gasteiger partial charge in [0.2, 0.25) is 0 Å². The maximum Gasteiger partial charge on any atom is 0.416 e. The summed E-state index contributed by atoms with van der Waals surface area (Å²) in [6, 6.07) is 2.68. The number of carbonyl (C=O) groups excluding carboxylic acids is 2. The third-order valence-corrected chi connectivity index (χ3v) is 7.19. The van der Waals surface area contributed by atoms with Crippen LogP contribution in [-0.2, 0) is 28.4 Å². The first-order valence-electron chi connectivity index (χ1n) is 14.1. The second kappa shape index (κ2) is 14.3. The summed E-state index contributed by atoms with van der Waals surface area (Å²) in [5, 5.41) is 0. The molecule has 0 unspecified atom stereocenters. The maximum atomic E-state index is 13.6. The first-order valence-corrected chi connectivity index (χ1v) is 14.1. The van der Waals surface area contributed by atoms with Gasteiger partial charge in [0, 0.05) is 24.2 Å². The molecule has 0 radical (unpaired) electrons. The van der Waals surface area contributed by atoms with Crippen LogP contribution in [0.25, 0.3) is 0 Å². The van der Waals surface area contributed by atoms with Crippen LogP contribution in [0.5, 0.6) is 11.5 Å². The predicted octanol–water partition coefficient (Wildman–Crippen LogP) is 8.37. The number of methoxy groups -OCH3 is 2. The van der Waals surface area contributed by atoms with E-state index in [1.165, 1.54) is 18.1 Å². The van der Waals surface area contributed by atoms with Crippen LogP contribution in [0, 0.1) is 0 Å². The molecule has 1 heterocycles. The average Bonchev–Trinajstić information content (AvgIpc) is 2.96. The minimum absolute atomic E-state index is 0.0219. The highest BCUT2D eigenvalue weighted by molar-refractivity contribution is 5.91. The highest BCUT2D eigenvalue weighted by Crippen LogP contribution is 2.47. The Balaban J connectivity index is 2.18. The number of nitrogens with zero attached hydrogens (tertiary/aromatic N) is 2. The van der Waals surface area contributed by atoms with Crippen molar-refractivity contribution in [3.05, 3.63) is 52.6 Å². The molecule has 2 aromatic rings. The second-order valence-electron chi connectivity index (χ2n) is 10.3. The molecule has 0 saturated carbocycles. The van der Waals surface area contributed by atoms with Crippen molar-refractivity contribution in [2.75, 3.05) is 32.3 Å². The van der Waals surface area contributed by atoms with Gasteiger partial charge in [0.05, 0.1) is 50.3 Å². The van der Waals surface area contributed by atoms with Crippen LogP contribution in [0.1, 0.15) is 74.8 Å². The lowest BCUT2D eigenvalue weighted by atomic mass is 9.90. The normalized spacial score (nSPS) is 16.7. The number of amides is 2. The first kappa shape index (κ1) is 34.6. The summed E-state index contributed by atoms with van der Waals surface area (Å²) in [7, 11) is 2.44. The average molecular weight is 635 g/mol.